The molecule has 1 rings (SSSR count). The lowest BCUT2D eigenvalue weighted by molar-refractivity contribution is -0.159. The largest absolute Gasteiger partial charge is 0.460 e. The van der Waals surface area contributed by atoms with Crippen LogP contribution in [0, 0.1) is 0 Å². The van der Waals surface area contributed by atoms with Crippen molar-refractivity contribution in [1.82, 2.24) is 0 Å². The van der Waals surface area contributed by atoms with Crippen LogP contribution in [-0.2, 0) is 28.6 Å². The predicted molar refractivity (Wildman–Crippen MR) is 81.7 cm³/mol. The molecule has 0 aromatic heterocycles. The summed E-state index contributed by atoms with van der Waals surface area (Å²) in [6, 6.07) is 0. The minimum atomic E-state index is -1.18. The number of ether oxygens (including phenoxy) is 3. The van der Waals surface area contributed by atoms with Gasteiger partial charge in [0.1, 0.15) is 24.4 Å². The fourth-order valence-corrected chi connectivity index (χ4v) is 2.02. The van der Waals surface area contributed by atoms with Crippen LogP contribution in [0.3, 0.4) is 0 Å². The van der Waals surface area contributed by atoms with Crippen LogP contribution in [0.4, 0.5) is 0 Å². The summed E-state index contributed by atoms with van der Waals surface area (Å²) in [7, 11) is 0. The Bertz CT molecular complexity index is 486. The highest BCUT2D eigenvalue weighted by atomic mass is 16.6. The average molecular weight is 344 g/mol. The fraction of sp³-hybridized carbons (Fsp3) is 0.688. The summed E-state index contributed by atoms with van der Waals surface area (Å²) in [5, 5.41) is 19.7. The smallest absolute Gasteiger partial charge is 0.330 e. The lowest BCUT2D eigenvalue weighted by Gasteiger charge is -2.21. The first-order valence-electron chi connectivity index (χ1n) is 7.83. The van der Waals surface area contributed by atoms with Crippen LogP contribution in [0.15, 0.2) is 12.2 Å². The van der Waals surface area contributed by atoms with Gasteiger partial charge in [-0.15, -0.1) is 0 Å². The summed E-state index contributed by atoms with van der Waals surface area (Å²) in [4.78, 5) is 35.0. The van der Waals surface area contributed by atoms with Gasteiger partial charge in [0.25, 0.3) is 0 Å². The standard InChI is InChI=1S/C16H24O8/c1-9-8-16(21)24-11(3)13(18)5-7-15(20)23-10(2)12(17)4-6-14(19)22-9/h4,6,9-13,17-18H,5,7-8H2,1-3H3. The van der Waals surface area contributed by atoms with E-state index in [2.05, 4.69) is 0 Å². The number of cyclic esters (lactones) is 3. The Kier molecular flexibility index (Phi) is 7.87. The van der Waals surface area contributed by atoms with Gasteiger partial charge in [-0.2, -0.15) is 0 Å². The van der Waals surface area contributed by atoms with E-state index >= 15 is 0 Å². The number of carbonyl (C=O) groups excluding carboxylic acids is 3. The quantitative estimate of drug-likeness (QED) is 0.474. The van der Waals surface area contributed by atoms with E-state index in [-0.39, 0.29) is 19.3 Å². The molecular formula is C16H24O8. The van der Waals surface area contributed by atoms with Gasteiger partial charge in [0, 0.05) is 12.5 Å². The van der Waals surface area contributed by atoms with E-state index in [1.54, 1.807) is 0 Å². The van der Waals surface area contributed by atoms with Crippen molar-refractivity contribution in [1.29, 1.82) is 0 Å². The molecule has 0 bridgehead atoms. The molecule has 0 saturated heterocycles. The van der Waals surface area contributed by atoms with Crippen LogP contribution >= 0.6 is 0 Å². The van der Waals surface area contributed by atoms with Gasteiger partial charge in [-0.05, 0) is 33.3 Å². The Morgan fingerprint density at radius 2 is 1.58 bits per heavy atom. The molecule has 2 N–H and O–H groups in total. The molecule has 0 fully saturated rings. The van der Waals surface area contributed by atoms with E-state index in [1.165, 1.54) is 20.8 Å². The van der Waals surface area contributed by atoms with Crippen molar-refractivity contribution in [2.75, 3.05) is 0 Å². The third-order valence-electron chi connectivity index (χ3n) is 3.50. The van der Waals surface area contributed by atoms with Crippen LogP contribution in [-0.4, -0.2) is 58.6 Å². The summed E-state index contributed by atoms with van der Waals surface area (Å²) >= 11 is 0. The molecule has 1 aliphatic rings. The highest BCUT2D eigenvalue weighted by Crippen LogP contribution is 2.12. The zero-order chi connectivity index (χ0) is 18.3. The Morgan fingerprint density at radius 1 is 0.958 bits per heavy atom. The molecule has 1 aliphatic heterocycles. The molecule has 0 saturated carbocycles. The monoisotopic (exact) mass is 344 g/mol. The Morgan fingerprint density at radius 3 is 2.25 bits per heavy atom. The first-order chi connectivity index (χ1) is 11.2. The van der Waals surface area contributed by atoms with Crippen molar-refractivity contribution in [2.24, 2.45) is 0 Å². The first kappa shape index (κ1) is 20.1. The Labute approximate surface area is 140 Å². The lowest BCUT2D eigenvalue weighted by atomic mass is 10.1. The fourth-order valence-electron chi connectivity index (χ4n) is 2.02. The van der Waals surface area contributed by atoms with E-state index in [9.17, 15) is 24.6 Å². The van der Waals surface area contributed by atoms with Crippen molar-refractivity contribution < 1.29 is 38.8 Å². The molecule has 0 aromatic rings. The van der Waals surface area contributed by atoms with Gasteiger partial charge >= 0.3 is 17.9 Å². The Balaban J connectivity index is 2.83. The van der Waals surface area contributed by atoms with Gasteiger partial charge < -0.3 is 24.4 Å². The molecule has 1 heterocycles. The van der Waals surface area contributed by atoms with Crippen molar-refractivity contribution in [2.45, 2.75) is 70.6 Å². The summed E-state index contributed by atoms with van der Waals surface area (Å²) < 4.78 is 15.0. The molecular weight excluding hydrogens is 320 g/mol. The number of esters is 3. The van der Waals surface area contributed by atoms with Crippen LogP contribution in [0.5, 0.6) is 0 Å². The van der Waals surface area contributed by atoms with Gasteiger partial charge in [-0.3, -0.25) is 9.59 Å². The van der Waals surface area contributed by atoms with E-state index in [4.69, 9.17) is 14.2 Å². The summed E-state index contributed by atoms with van der Waals surface area (Å²) in [6.45, 7) is 4.51. The van der Waals surface area contributed by atoms with Crippen molar-refractivity contribution in [3.63, 3.8) is 0 Å². The van der Waals surface area contributed by atoms with Gasteiger partial charge in [-0.1, -0.05) is 0 Å². The van der Waals surface area contributed by atoms with Crippen molar-refractivity contribution >= 4 is 17.9 Å². The van der Waals surface area contributed by atoms with Crippen molar-refractivity contribution in [3.05, 3.63) is 12.2 Å². The number of hydrogen-bond donors (Lipinski definition) is 2. The normalized spacial score (nSPS) is 34.2. The van der Waals surface area contributed by atoms with Gasteiger partial charge in [0.15, 0.2) is 0 Å². The molecule has 136 valence electrons. The molecule has 0 aliphatic carbocycles. The van der Waals surface area contributed by atoms with E-state index in [0.717, 1.165) is 12.2 Å². The molecule has 8 heteroatoms. The highest BCUT2D eigenvalue weighted by Gasteiger charge is 2.24. The number of aliphatic hydroxyl groups is 2. The third-order valence-corrected chi connectivity index (χ3v) is 3.50. The lowest BCUT2D eigenvalue weighted by Crippen LogP contribution is -2.32. The van der Waals surface area contributed by atoms with Crippen LogP contribution in [0.2, 0.25) is 0 Å². The zero-order valence-electron chi connectivity index (χ0n) is 14.0. The summed E-state index contributed by atoms with van der Waals surface area (Å²) in [6.07, 6.45) is -2.67. The molecule has 0 amide bonds. The molecule has 5 atom stereocenters. The second kappa shape index (κ2) is 9.39. The maximum Gasteiger partial charge on any atom is 0.330 e. The minimum Gasteiger partial charge on any atom is -0.460 e. The molecule has 5 unspecified atom stereocenters. The molecule has 0 radical (unpaired) electrons. The summed E-state index contributed by atoms with van der Waals surface area (Å²) in [5.41, 5.74) is 0. The van der Waals surface area contributed by atoms with E-state index < -0.39 is 48.4 Å². The topological polar surface area (TPSA) is 119 Å². The van der Waals surface area contributed by atoms with Crippen molar-refractivity contribution in [3.8, 4) is 0 Å². The average Bonchev–Trinajstić information content (AvgIpc) is 2.48. The SMILES string of the molecule is CC1CC(=O)OC(C)C(O)CCC(=O)OC(C)C(O)C=CC(=O)O1. The maximum absolute atomic E-state index is 11.7. The first-order valence-corrected chi connectivity index (χ1v) is 7.83. The van der Waals surface area contributed by atoms with Crippen LogP contribution < -0.4 is 0 Å². The predicted octanol–water partition coefficient (Wildman–Crippen LogP) is 0.243. The zero-order valence-corrected chi connectivity index (χ0v) is 14.0. The maximum atomic E-state index is 11.7. The molecule has 0 spiro atoms. The van der Waals surface area contributed by atoms with Gasteiger partial charge in [-0.25, -0.2) is 4.79 Å². The second-order valence-corrected chi connectivity index (χ2v) is 5.80. The van der Waals surface area contributed by atoms with E-state index in [1.807, 2.05) is 0 Å². The molecule has 24 heavy (non-hydrogen) atoms. The third kappa shape index (κ3) is 7.10. The van der Waals surface area contributed by atoms with Crippen LogP contribution in [0.25, 0.3) is 0 Å². The number of hydrogen-bond acceptors (Lipinski definition) is 8. The minimum absolute atomic E-state index is 0.0521. The van der Waals surface area contributed by atoms with Crippen LogP contribution in [0.1, 0.15) is 40.0 Å². The number of carbonyl (C=O) groups is 3. The highest BCUT2D eigenvalue weighted by molar-refractivity contribution is 5.82. The number of rotatable bonds is 0. The molecule has 8 nitrogen and oxygen atoms in total. The molecule has 0 aromatic carbocycles. The Hall–Kier alpha value is -1.93. The summed E-state index contributed by atoms with van der Waals surface area (Å²) in [5.74, 6) is -1.99. The van der Waals surface area contributed by atoms with Gasteiger partial charge in [0.2, 0.25) is 0 Å². The second-order valence-electron chi connectivity index (χ2n) is 5.80. The van der Waals surface area contributed by atoms with E-state index in [0.29, 0.717) is 0 Å². The van der Waals surface area contributed by atoms with Gasteiger partial charge in [0.05, 0.1) is 12.5 Å². The number of aliphatic hydroxyl groups excluding tert-OH is 2.